The second-order valence-corrected chi connectivity index (χ2v) is 4.17. The Morgan fingerprint density at radius 3 is 1.79 bits per heavy atom. The van der Waals surface area contributed by atoms with E-state index in [1.165, 1.54) is 0 Å². The number of aromatic hydroxyl groups is 1. The number of hydrogen-bond donors (Lipinski definition) is 1. The van der Waals surface area contributed by atoms with E-state index in [0.29, 0.717) is 5.75 Å². The fraction of sp³-hybridized carbons (Fsp3) is 0.364. The molecule has 0 saturated heterocycles. The minimum absolute atomic E-state index is 0.349. The molecule has 74 valence electrons. The lowest BCUT2D eigenvalue weighted by Crippen LogP contribution is -1.94. The number of benzene rings is 1. The minimum Gasteiger partial charge on any atom is -0.507 e. The van der Waals surface area contributed by atoms with Crippen LogP contribution in [0, 0.1) is 38.4 Å². The molecular formula is C11H13NOS. The molecule has 3 heteroatoms. The summed E-state index contributed by atoms with van der Waals surface area (Å²) in [5.41, 5.74) is 3.73. The molecule has 0 unspecified atom stereocenters. The highest BCUT2D eigenvalue weighted by Gasteiger charge is 2.13. The molecule has 0 spiro atoms. The van der Waals surface area contributed by atoms with Crippen LogP contribution in [0.25, 0.3) is 0 Å². The summed E-state index contributed by atoms with van der Waals surface area (Å²) in [4.78, 5) is 0.973. The first kappa shape index (κ1) is 10.9. The Balaban J connectivity index is 3.53. The molecule has 0 aliphatic rings. The first-order valence-corrected chi connectivity index (χ1v) is 5.17. The molecule has 0 bridgehead atoms. The van der Waals surface area contributed by atoms with Crippen LogP contribution < -0.4 is 0 Å². The molecule has 1 rings (SSSR count). The molecule has 0 fully saturated rings. The fourth-order valence-electron chi connectivity index (χ4n) is 1.46. The molecule has 0 aliphatic heterocycles. The van der Waals surface area contributed by atoms with Crippen LogP contribution in [0.3, 0.4) is 0 Å². The average Bonchev–Trinajstić information content (AvgIpc) is 2.19. The van der Waals surface area contributed by atoms with Crippen molar-refractivity contribution in [3.63, 3.8) is 0 Å². The highest BCUT2D eigenvalue weighted by molar-refractivity contribution is 8.03. The molecular weight excluding hydrogens is 194 g/mol. The predicted octanol–water partition coefficient (Wildman–Crippen LogP) is 3.20. The van der Waals surface area contributed by atoms with Crippen LogP contribution in [0.1, 0.15) is 22.3 Å². The van der Waals surface area contributed by atoms with Crippen molar-refractivity contribution in [1.29, 1.82) is 5.26 Å². The van der Waals surface area contributed by atoms with Gasteiger partial charge in [0, 0.05) is 4.90 Å². The standard InChI is InChI=1S/C11H13NOS/c1-6-8(3)11(14-5-12)9(4)7(2)10(6)13/h13H,1-4H3. The Morgan fingerprint density at radius 1 is 1.00 bits per heavy atom. The number of hydrogen-bond acceptors (Lipinski definition) is 3. The predicted molar refractivity (Wildman–Crippen MR) is 58.5 cm³/mol. The normalized spacial score (nSPS) is 9.93. The average molecular weight is 207 g/mol. The first-order valence-electron chi connectivity index (χ1n) is 4.36. The zero-order valence-electron chi connectivity index (χ0n) is 8.80. The van der Waals surface area contributed by atoms with Gasteiger partial charge in [-0.1, -0.05) is 0 Å². The van der Waals surface area contributed by atoms with E-state index in [2.05, 4.69) is 5.40 Å². The molecule has 1 aromatic carbocycles. The molecule has 1 N–H and O–H groups in total. The SMILES string of the molecule is Cc1c(C)c(SC#N)c(C)c(C)c1O. The smallest absolute Gasteiger partial charge is 0.138 e. The summed E-state index contributed by atoms with van der Waals surface area (Å²) in [6, 6.07) is 0. The van der Waals surface area contributed by atoms with Gasteiger partial charge in [0.05, 0.1) is 0 Å². The van der Waals surface area contributed by atoms with E-state index < -0.39 is 0 Å². The second-order valence-electron chi connectivity index (χ2n) is 3.37. The number of phenolic OH excluding ortho intramolecular Hbond substituents is 1. The van der Waals surface area contributed by atoms with Gasteiger partial charge in [0.1, 0.15) is 11.2 Å². The third kappa shape index (κ3) is 1.58. The van der Waals surface area contributed by atoms with Crippen LogP contribution in [0.5, 0.6) is 5.75 Å². The highest BCUT2D eigenvalue weighted by Crippen LogP contribution is 2.36. The van der Waals surface area contributed by atoms with E-state index in [1.807, 2.05) is 27.7 Å². The number of phenols is 1. The summed E-state index contributed by atoms with van der Waals surface area (Å²) >= 11 is 1.16. The number of nitrogens with zero attached hydrogens (tertiary/aromatic N) is 1. The van der Waals surface area contributed by atoms with Crippen molar-refractivity contribution in [2.45, 2.75) is 32.6 Å². The van der Waals surface area contributed by atoms with Crippen LogP contribution in [-0.2, 0) is 0 Å². The fourth-order valence-corrected chi connectivity index (χ4v) is 2.16. The second kappa shape index (κ2) is 3.93. The van der Waals surface area contributed by atoms with Crippen molar-refractivity contribution in [2.75, 3.05) is 0 Å². The van der Waals surface area contributed by atoms with E-state index in [-0.39, 0.29) is 0 Å². The number of nitriles is 1. The Morgan fingerprint density at radius 2 is 1.43 bits per heavy atom. The Hall–Kier alpha value is -1.14. The molecule has 0 amide bonds. The van der Waals surface area contributed by atoms with Crippen molar-refractivity contribution >= 4 is 11.8 Å². The van der Waals surface area contributed by atoms with Crippen LogP contribution in [0.15, 0.2) is 4.90 Å². The maximum absolute atomic E-state index is 9.77. The lowest BCUT2D eigenvalue weighted by Gasteiger charge is -2.14. The number of thioether (sulfide) groups is 1. The minimum atomic E-state index is 0.349. The van der Waals surface area contributed by atoms with E-state index >= 15 is 0 Å². The maximum Gasteiger partial charge on any atom is 0.138 e. The third-order valence-electron chi connectivity index (χ3n) is 2.66. The van der Waals surface area contributed by atoms with Crippen LogP contribution in [-0.4, -0.2) is 5.11 Å². The maximum atomic E-state index is 9.77. The molecule has 0 atom stereocenters. The van der Waals surface area contributed by atoms with Gasteiger partial charge in [0.2, 0.25) is 0 Å². The Kier molecular flexibility index (Phi) is 3.07. The Bertz CT molecular complexity index is 389. The molecule has 0 heterocycles. The van der Waals surface area contributed by atoms with Gasteiger partial charge in [-0.2, -0.15) is 5.26 Å². The quantitative estimate of drug-likeness (QED) is 0.568. The van der Waals surface area contributed by atoms with Crippen molar-refractivity contribution < 1.29 is 5.11 Å². The van der Waals surface area contributed by atoms with E-state index in [1.54, 1.807) is 0 Å². The summed E-state index contributed by atoms with van der Waals surface area (Å²) < 4.78 is 0. The lowest BCUT2D eigenvalue weighted by atomic mass is 10.00. The van der Waals surface area contributed by atoms with Gasteiger partial charge in [-0.3, -0.25) is 0 Å². The molecule has 0 aliphatic carbocycles. The van der Waals surface area contributed by atoms with E-state index in [0.717, 1.165) is 38.9 Å². The van der Waals surface area contributed by atoms with Gasteiger partial charge in [0.15, 0.2) is 0 Å². The van der Waals surface area contributed by atoms with E-state index in [4.69, 9.17) is 5.26 Å². The first-order chi connectivity index (χ1) is 6.50. The van der Waals surface area contributed by atoms with Gasteiger partial charge < -0.3 is 5.11 Å². The van der Waals surface area contributed by atoms with Crippen molar-refractivity contribution in [1.82, 2.24) is 0 Å². The van der Waals surface area contributed by atoms with Gasteiger partial charge in [-0.15, -0.1) is 0 Å². The zero-order valence-corrected chi connectivity index (χ0v) is 9.62. The van der Waals surface area contributed by atoms with Gasteiger partial charge in [0.25, 0.3) is 0 Å². The summed E-state index contributed by atoms with van der Waals surface area (Å²) in [5, 5.41) is 20.5. The number of rotatable bonds is 1. The molecule has 2 nitrogen and oxygen atoms in total. The van der Waals surface area contributed by atoms with Crippen LogP contribution in [0.4, 0.5) is 0 Å². The van der Waals surface area contributed by atoms with Gasteiger partial charge >= 0.3 is 0 Å². The van der Waals surface area contributed by atoms with Crippen molar-refractivity contribution in [3.8, 4) is 11.2 Å². The third-order valence-corrected chi connectivity index (χ3v) is 3.57. The van der Waals surface area contributed by atoms with Gasteiger partial charge in [-0.25, -0.2) is 0 Å². The molecule has 0 saturated carbocycles. The summed E-state index contributed by atoms with van der Waals surface area (Å²) in [6.07, 6.45) is 0. The van der Waals surface area contributed by atoms with Crippen molar-refractivity contribution in [3.05, 3.63) is 22.3 Å². The lowest BCUT2D eigenvalue weighted by molar-refractivity contribution is 0.465. The van der Waals surface area contributed by atoms with Crippen LogP contribution >= 0.6 is 11.8 Å². The summed E-state index contributed by atoms with van der Waals surface area (Å²) in [5.74, 6) is 0.349. The Labute approximate surface area is 88.6 Å². The monoisotopic (exact) mass is 207 g/mol. The molecule has 0 radical (unpaired) electrons. The van der Waals surface area contributed by atoms with E-state index in [9.17, 15) is 5.11 Å². The van der Waals surface area contributed by atoms with Crippen molar-refractivity contribution in [2.24, 2.45) is 0 Å². The molecule has 1 aromatic rings. The molecule has 14 heavy (non-hydrogen) atoms. The zero-order chi connectivity index (χ0) is 10.9. The summed E-state index contributed by atoms with van der Waals surface area (Å²) in [6.45, 7) is 7.61. The summed E-state index contributed by atoms with van der Waals surface area (Å²) in [7, 11) is 0. The van der Waals surface area contributed by atoms with Gasteiger partial charge in [-0.05, 0) is 61.7 Å². The largest absolute Gasteiger partial charge is 0.507 e. The molecule has 0 aromatic heterocycles. The highest BCUT2D eigenvalue weighted by atomic mass is 32.2. The number of thiocyanates is 1. The topological polar surface area (TPSA) is 44.0 Å². The van der Waals surface area contributed by atoms with Crippen LogP contribution in [0.2, 0.25) is 0 Å².